The van der Waals surface area contributed by atoms with Crippen molar-refractivity contribution < 1.29 is 31.9 Å². The third kappa shape index (κ3) is 5.25. The first kappa shape index (κ1) is 18.3. The van der Waals surface area contributed by atoms with E-state index in [1.165, 1.54) is 17.0 Å². The van der Waals surface area contributed by atoms with Crippen LogP contribution in [0, 0.1) is 5.82 Å². The summed E-state index contributed by atoms with van der Waals surface area (Å²) in [6, 6.07) is 4.36. The molecular formula is C14H17FN2O6S. The molecule has 0 aromatic heterocycles. The molecule has 0 radical (unpaired) electrons. The molecule has 0 bridgehead atoms. The number of esters is 1. The molecule has 1 aromatic rings. The second kappa shape index (κ2) is 8.18. The molecule has 0 aliphatic carbocycles. The Morgan fingerprint density at radius 3 is 2.67 bits per heavy atom. The Balaban J connectivity index is 1.79. The summed E-state index contributed by atoms with van der Waals surface area (Å²) in [5.41, 5.74) is 0. The van der Waals surface area contributed by atoms with Crippen molar-refractivity contribution in [3.8, 4) is 0 Å². The van der Waals surface area contributed by atoms with Crippen LogP contribution < -0.4 is 4.72 Å². The van der Waals surface area contributed by atoms with Gasteiger partial charge < -0.3 is 14.4 Å². The Bertz CT molecular complexity index is 703. The summed E-state index contributed by atoms with van der Waals surface area (Å²) < 4.78 is 48.7. The third-order valence-corrected chi connectivity index (χ3v) is 4.63. The molecule has 1 N–H and O–H groups in total. The fourth-order valence-electron chi connectivity index (χ4n) is 1.97. The van der Waals surface area contributed by atoms with Gasteiger partial charge in [-0.1, -0.05) is 6.07 Å². The minimum atomic E-state index is -4.04. The van der Waals surface area contributed by atoms with Gasteiger partial charge in [-0.2, -0.15) is 4.72 Å². The van der Waals surface area contributed by atoms with E-state index in [0.29, 0.717) is 26.3 Å². The van der Waals surface area contributed by atoms with Gasteiger partial charge in [0.05, 0.1) is 18.1 Å². The molecule has 0 spiro atoms. The molecule has 10 heteroatoms. The molecule has 1 aliphatic rings. The van der Waals surface area contributed by atoms with E-state index < -0.39 is 35.0 Å². The van der Waals surface area contributed by atoms with Crippen LogP contribution in [0.25, 0.3) is 0 Å². The van der Waals surface area contributed by atoms with E-state index in [2.05, 4.69) is 0 Å². The average molecular weight is 360 g/mol. The highest BCUT2D eigenvalue weighted by Crippen LogP contribution is 2.09. The van der Waals surface area contributed by atoms with E-state index in [1.807, 2.05) is 4.72 Å². The minimum absolute atomic E-state index is 0.306. The number of nitrogens with one attached hydrogen (secondary N) is 1. The van der Waals surface area contributed by atoms with E-state index in [9.17, 15) is 22.4 Å². The summed E-state index contributed by atoms with van der Waals surface area (Å²) in [5, 5.41) is 0. The predicted molar refractivity (Wildman–Crippen MR) is 79.9 cm³/mol. The number of benzene rings is 1. The van der Waals surface area contributed by atoms with E-state index >= 15 is 0 Å². The van der Waals surface area contributed by atoms with Gasteiger partial charge >= 0.3 is 5.97 Å². The molecular weight excluding hydrogens is 343 g/mol. The van der Waals surface area contributed by atoms with Crippen LogP contribution in [0.4, 0.5) is 4.39 Å². The summed E-state index contributed by atoms with van der Waals surface area (Å²) in [7, 11) is -4.04. The first-order valence-corrected chi connectivity index (χ1v) is 8.63. The van der Waals surface area contributed by atoms with Crippen molar-refractivity contribution in [2.75, 3.05) is 39.5 Å². The van der Waals surface area contributed by atoms with Gasteiger partial charge in [0.2, 0.25) is 10.0 Å². The summed E-state index contributed by atoms with van der Waals surface area (Å²) >= 11 is 0. The quantitative estimate of drug-likeness (QED) is 0.687. The molecule has 1 saturated heterocycles. The highest BCUT2D eigenvalue weighted by Gasteiger charge is 2.20. The van der Waals surface area contributed by atoms with E-state index in [-0.39, 0.29) is 10.8 Å². The lowest BCUT2D eigenvalue weighted by Gasteiger charge is -2.26. The number of rotatable bonds is 6. The maximum Gasteiger partial charge on any atom is 0.321 e. The van der Waals surface area contributed by atoms with Crippen LogP contribution in [0.15, 0.2) is 29.2 Å². The van der Waals surface area contributed by atoms with Crippen molar-refractivity contribution in [2.45, 2.75) is 4.90 Å². The molecule has 0 atom stereocenters. The molecule has 1 heterocycles. The first-order valence-electron chi connectivity index (χ1n) is 7.15. The van der Waals surface area contributed by atoms with Crippen LogP contribution in [-0.2, 0) is 29.1 Å². The van der Waals surface area contributed by atoms with Gasteiger partial charge in [0, 0.05) is 13.1 Å². The van der Waals surface area contributed by atoms with Crippen molar-refractivity contribution in [1.29, 1.82) is 0 Å². The fourth-order valence-corrected chi connectivity index (χ4v) is 2.97. The number of hydrogen-bond donors (Lipinski definition) is 1. The third-order valence-electron chi connectivity index (χ3n) is 3.23. The summed E-state index contributed by atoms with van der Waals surface area (Å²) in [5.74, 6) is -1.99. The van der Waals surface area contributed by atoms with Gasteiger partial charge in [0.15, 0.2) is 6.61 Å². The van der Waals surface area contributed by atoms with Crippen LogP contribution >= 0.6 is 0 Å². The molecule has 8 nitrogen and oxygen atoms in total. The first-order chi connectivity index (χ1) is 11.4. The van der Waals surface area contributed by atoms with Crippen molar-refractivity contribution in [3.05, 3.63) is 30.1 Å². The molecule has 2 rings (SSSR count). The maximum absolute atomic E-state index is 13.0. The Kier molecular flexibility index (Phi) is 6.23. The largest absolute Gasteiger partial charge is 0.455 e. The smallest absolute Gasteiger partial charge is 0.321 e. The molecule has 24 heavy (non-hydrogen) atoms. The standard InChI is InChI=1S/C14H17FN2O6S/c15-11-2-1-3-12(8-11)24(20,21)16-9-14(19)23-10-13(18)17-4-6-22-7-5-17/h1-3,8,16H,4-7,9-10H2. The highest BCUT2D eigenvalue weighted by atomic mass is 32.2. The lowest BCUT2D eigenvalue weighted by atomic mass is 10.4. The van der Waals surface area contributed by atoms with Gasteiger partial charge in [0.1, 0.15) is 12.4 Å². The van der Waals surface area contributed by atoms with Crippen LogP contribution in [0.1, 0.15) is 0 Å². The Morgan fingerprint density at radius 1 is 1.29 bits per heavy atom. The Morgan fingerprint density at radius 2 is 2.00 bits per heavy atom. The molecule has 1 aromatic carbocycles. The molecule has 0 unspecified atom stereocenters. The van der Waals surface area contributed by atoms with E-state index in [1.54, 1.807) is 0 Å². The average Bonchev–Trinajstić information content (AvgIpc) is 2.58. The Hall–Kier alpha value is -2.04. The normalized spacial score (nSPS) is 15.1. The van der Waals surface area contributed by atoms with Crippen molar-refractivity contribution >= 4 is 21.9 Å². The minimum Gasteiger partial charge on any atom is -0.455 e. The van der Waals surface area contributed by atoms with Crippen molar-refractivity contribution in [2.24, 2.45) is 0 Å². The highest BCUT2D eigenvalue weighted by molar-refractivity contribution is 7.89. The van der Waals surface area contributed by atoms with Gasteiger partial charge in [-0.15, -0.1) is 0 Å². The number of carbonyl (C=O) groups is 2. The van der Waals surface area contributed by atoms with Crippen LogP contribution in [-0.4, -0.2) is 64.6 Å². The SMILES string of the molecule is O=C(CNS(=O)(=O)c1cccc(F)c1)OCC(=O)N1CCOCC1. The maximum atomic E-state index is 13.0. The van der Waals surface area contributed by atoms with Gasteiger partial charge in [-0.3, -0.25) is 9.59 Å². The summed E-state index contributed by atoms with van der Waals surface area (Å²) in [6.45, 7) is 0.557. The number of morpholine rings is 1. The lowest BCUT2D eigenvalue weighted by molar-refractivity contribution is -0.152. The topological polar surface area (TPSA) is 102 Å². The summed E-state index contributed by atoms with van der Waals surface area (Å²) in [6.07, 6.45) is 0. The molecule has 1 aliphatic heterocycles. The van der Waals surface area contributed by atoms with Crippen LogP contribution in [0.5, 0.6) is 0 Å². The number of carbonyl (C=O) groups excluding carboxylic acids is 2. The zero-order chi connectivity index (χ0) is 17.6. The Labute approximate surface area is 138 Å². The monoisotopic (exact) mass is 360 g/mol. The van der Waals surface area contributed by atoms with E-state index in [0.717, 1.165) is 12.1 Å². The fraction of sp³-hybridized carbons (Fsp3) is 0.429. The second-order valence-electron chi connectivity index (χ2n) is 4.94. The lowest BCUT2D eigenvalue weighted by Crippen LogP contribution is -2.43. The molecule has 0 saturated carbocycles. The van der Waals surface area contributed by atoms with Gasteiger partial charge in [-0.25, -0.2) is 12.8 Å². The molecule has 132 valence electrons. The van der Waals surface area contributed by atoms with E-state index in [4.69, 9.17) is 9.47 Å². The summed E-state index contributed by atoms with van der Waals surface area (Å²) in [4.78, 5) is 24.5. The van der Waals surface area contributed by atoms with Crippen LogP contribution in [0.2, 0.25) is 0 Å². The van der Waals surface area contributed by atoms with Gasteiger partial charge in [0.25, 0.3) is 5.91 Å². The number of ether oxygens (including phenoxy) is 2. The van der Waals surface area contributed by atoms with Crippen LogP contribution in [0.3, 0.4) is 0 Å². The molecule has 1 fully saturated rings. The number of sulfonamides is 1. The number of amides is 1. The second-order valence-corrected chi connectivity index (χ2v) is 6.70. The zero-order valence-electron chi connectivity index (χ0n) is 12.7. The molecule has 1 amide bonds. The number of halogens is 1. The van der Waals surface area contributed by atoms with Gasteiger partial charge in [-0.05, 0) is 18.2 Å². The van der Waals surface area contributed by atoms with Crippen molar-refractivity contribution in [1.82, 2.24) is 9.62 Å². The number of hydrogen-bond acceptors (Lipinski definition) is 6. The predicted octanol–water partition coefficient (Wildman–Crippen LogP) is -0.494. The number of nitrogens with zero attached hydrogens (tertiary/aromatic N) is 1. The zero-order valence-corrected chi connectivity index (χ0v) is 13.6. The van der Waals surface area contributed by atoms with Crippen molar-refractivity contribution in [3.63, 3.8) is 0 Å².